The monoisotopic (exact) mass is 247 g/mol. The quantitative estimate of drug-likeness (QED) is 0.834. The summed E-state index contributed by atoms with van der Waals surface area (Å²) in [5, 5.41) is 11.0. The number of nitrogens with one attached hydrogen (secondary N) is 1. The lowest BCUT2D eigenvalue weighted by atomic mass is 10.2. The molecule has 0 spiro atoms. The minimum atomic E-state index is 0.240. The molecular weight excluding hydrogens is 230 g/mol. The van der Waals surface area contributed by atoms with Crippen LogP contribution in [0, 0.1) is 0 Å². The predicted octanol–water partition coefficient (Wildman–Crippen LogP) is 0.923. The van der Waals surface area contributed by atoms with Gasteiger partial charge in [0.05, 0.1) is 6.54 Å². The molecule has 0 amide bonds. The Labute approximate surface area is 105 Å². The van der Waals surface area contributed by atoms with Gasteiger partial charge in [0.2, 0.25) is 0 Å². The van der Waals surface area contributed by atoms with Gasteiger partial charge in [-0.2, -0.15) is 0 Å². The molecule has 2 aromatic rings. The number of nitrogens with two attached hydrogens (primary N) is 1. The molecule has 0 aromatic carbocycles. The van der Waals surface area contributed by atoms with E-state index in [1.54, 1.807) is 12.4 Å². The minimum Gasteiger partial charge on any atom is -0.384 e. The molecule has 18 heavy (non-hydrogen) atoms. The van der Waals surface area contributed by atoms with Crippen molar-refractivity contribution in [3.8, 4) is 0 Å². The molecule has 7 heteroatoms. The predicted molar refractivity (Wildman–Crippen MR) is 68.9 cm³/mol. The fourth-order valence-corrected chi connectivity index (χ4v) is 1.47. The van der Waals surface area contributed by atoms with E-state index in [-0.39, 0.29) is 5.92 Å². The van der Waals surface area contributed by atoms with Crippen LogP contribution < -0.4 is 11.1 Å². The van der Waals surface area contributed by atoms with Gasteiger partial charge in [0.25, 0.3) is 0 Å². The number of aryl methyl sites for hydroxylation is 1. The summed E-state index contributed by atoms with van der Waals surface area (Å²) in [5.41, 5.74) is 5.75. The van der Waals surface area contributed by atoms with Crippen LogP contribution in [0.5, 0.6) is 0 Å². The van der Waals surface area contributed by atoms with Gasteiger partial charge in [-0.05, 0) is 0 Å². The van der Waals surface area contributed by atoms with E-state index < -0.39 is 0 Å². The minimum absolute atomic E-state index is 0.240. The van der Waals surface area contributed by atoms with E-state index in [0.717, 1.165) is 11.6 Å². The Bertz CT molecular complexity index is 532. The van der Waals surface area contributed by atoms with Gasteiger partial charge in [-0.25, -0.2) is 9.97 Å². The van der Waals surface area contributed by atoms with Crippen molar-refractivity contribution in [2.24, 2.45) is 7.05 Å². The SMILES string of the molecule is CC(C)c1nc(N)cc(NCc2nncn2C)n1. The van der Waals surface area contributed by atoms with E-state index in [1.807, 2.05) is 25.5 Å². The number of hydrogen-bond donors (Lipinski definition) is 2. The Kier molecular flexibility index (Phi) is 3.40. The molecule has 96 valence electrons. The number of aromatic nitrogens is 5. The first kappa shape index (κ1) is 12.3. The topological polar surface area (TPSA) is 94.5 Å². The molecule has 0 saturated carbocycles. The van der Waals surface area contributed by atoms with Crippen molar-refractivity contribution in [1.29, 1.82) is 0 Å². The van der Waals surface area contributed by atoms with Gasteiger partial charge in [-0.15, -0.1) is 10.2 Å². The second kappa shape index (κ2) is 4.99. The van der Waals surface area contributed by atoms with Crippen LogP contribution in [0.4, 0.5) is 11.6 Å². The maximum absolute atomic E-state index is 5.75. The lowest BCUT2D eigenvalue weighted by molar-refractivity contribution is 0.771. The molecule has 7 nitrogen and oxygen atoms in total. The zero-order valence-corrected chi connectivity index (χ0v) is 10.8. The fourth-order valence-electron chi connectivity index (χ4n) is 1.47. The standard InChI is InChI=1S/C11H17N7/c1-7(2)11-15-8(12)4-9(16-11)13-5-10-17-14-6-18(10)3/h4,6-7H,5H2,1-3H3,(H3,12,13,15,16). The van der Waals surface area contributed by atoms with Crippen LogP contribution in [0.1, 0.15) is 31.4 Å². The van der Waals surface area contributed by atoms with Crippen molar-refractivity contribution in [1.82, 2.24) is 24.7 Å². The van der Waals surface area contributed by atoms with Gasteiger partial charge in [0.15, 0.2) is 5.82 Å². The van der Waals surface area contributed by atoms with Crippen molar-refractivity contribution in [2.75, 3.05) is 11.1 Å². The molecule has 0 unspecified atom stereocenters. The number of nitrogens with zero attached hydrogens (tertiary/aromatic N) is 5. The normalized spacial score (nSPS) is 10.9. The molecule has 0 aliphatic heterocycles. The van der Waals surface area contributed by atoms with Gasteiger partial charge in [0, 0.05) is 19.0 Å². The van der Waals surface area contributed by atoms with Crippen LogP contribution in [0.25, 0.3) is 0 Å². The molecule has 0 atom stereocenters. The van der Waals surface area contributed by atoms with Crippen LogP contribution in [0.15, 0.2) is 12.4 Å². The zero-order chi connectivity index (χ0) is 13.1. The summed E-state index contributed by atoms with van der Waals surface area (Å²) in [5.74, 6) is 2.97. The van der Waals surface area contributed by atoms with E-state index >= 15 is 0 Å². The van der Waals surface area contributed by atoms with Crippen LogP contribution >= 0.6 is 0 Å². The van der Waals surface area contributed by atoms with Crippen molar-refractivity contribution >= 4 is 11.6 Å². The van der Waals surface area contributed by atoms with Crippen LogP contribution in [-0.2, 0) is 13.6 Å². The third-order valence-electron chi connectivity index (χ3n) is 2.51. The summed E-state index contributed by atoms with van der Waals surface area (Å²) in [6.45, 7) is 4.60. The molecule has 0 fully saturated rings. The highest BCUT2D eigenvalue weighted by molar-refractivity contribution is 5.44. The Morgan fingerprint density at radius 3 is 2.78 bits per heavy atom. The van der Waals surface area contributed by atoms with Crippen LogP contribution in [-0.4, -0.2) is 24.7 Å². The highest BCUT2D eigenvalue weighted by Gasteiger charge is 2.07. The molecular formula is C11H17N7. The summed E-state index contributed by atoms with van der Waals surface area (Å²) < 4.78 is 1.85. The van der Waals surface area contributed by atoms with Gasteiger partial charge in [-0.3, -0.25) is 0 Å². The Hall–Kier alpha value is -2.18. The molecule has 0 saturated heterocycles. The first-order chi connectivity index (χ1) is 8.56. The number of hydrogen-bond acceptors (Lipinski definition) is 6. The Morgan fingerprint density at radius 2 is 2.17 bits per heavy atom. The van der Waals surface area contributed by atoms with Crippen molar-refractivity contribution < 1.29 is 0 Å². The summed E-state index contributed by atoms with van der Waals surface area (Å²) >= 11 is 0. The van der Waals surface area contributed by atoms with E-state index in [0.29, 0.717) is 18.2 Å². The number of anilines is 2. The molecule has 0 aliphatic rings. The van der Waals surface area contributed by atoms with E-state index in [1.165, 1.54) is 0 Å². The third-order valence-corrected chi connectivity index (χ3v) is 2.51. The average molecular weight is 247 g/mol. The van der Waals surface area contributed by atoms with E-state index in [2.05, 4.69) is 25.5 Å². The van der Waals surface area contributed by atoms with Gasteiger partial charge in [0.1, 0.15) is 23.8 Å². The molecule has 0 aliphatic carbocycles. The fraction of sp³-hybridized carbons (Fsp3) is 0.455. The average Bonchev–Trinajstić information content (AvgIpc) is 2.71. The Morgan fingerprint density at radius 1 is 1.39 bits per heavy atom. The second-order valence-electron chi connectivity index (χ2n) is 4.40. The van der Waals surface area contributed by atoms with Gasteiger partial charge >= 0.3 is 0 Å². The zero-order valence-electron chi connectivity index (χ0n) is 10.8. The first-order valence-corrected chi connectivity index (χ1v) is 5.77. The first-order valence-electron chi connectivity index (χ1n) is 5.77. The summed E-state index contributed by atoms with van der Waals surface area (Å²) in [6.07, 6.45) is 1.66. The third kappa shape index (κ3) is 2.73. The Balaban J connectivity index is 2.12. The van der Waals surface area contributed by atoms with E-state index in [9.17, 15) is 0 Å². The maximum Gasteiger partial charge on any atom is 0.151 e. The van der Waals surface area contributed by atoms with Crippen molar-refractivity contribution in [3.63, 3.8) is 0 Å². The highest BCUT2D eigenvalue weighted by atomic mass is 15.3. The van der Waals surface area contributed by atoms with Crippen molar-refractivity contribution in [3.05, 3.63) is 24.0 Å². The summed E-state index contributed by atoms with van der Waals surface area (Å²) in [6, 6.07) is 1.71. The summed E-state index contributed by atoms with van der Waals surface area (Å²) in [4.78, 5) is 8.59. The maximum atomic E-state index is 5.75. The molecule has 3 N–H and O–H groups in total. The molecule has 2 aromatic heterocycles. The smallest absolute Gasteiger partial charge is 0.151 e. The second-order valence-corrected chi connectivity index (χ2v) is 4.40. The molecule has 0 bridgehead atoms. The van der Waals surface area contributed by atoms with E-state index in [4.69, 9.17) is 5.73 Å². The highest BCUT2D eigenvalue weighted by Crippen LogP contribution is 2.15. The molecule has 2 rings (SSSR count). The van der Waals surface area contributed by atoms with Crippen LogP contribution in [0.3, 0.4) is 0 Å². The van der Waals surface area contributed by atoms with Gasteiger partial charge < -0.3 is 15.6 Å². The van der Waals surface area contributed by atoms with Gasteiger partial charge in [-0.1, -0.05) is 13.8 Å². The largest absolute Gasteiger partial charge is 0.384 e. The molecule has 2 heterocycles. The van der Waals surface area contributed by atoms with Crippen LogP contribution in [0.2, 0.25) is 0 Å². The number of nitrogen functional groups attached to an aromatic ring is 1. The molecule has 0 radical (unpaired) electrons. The lowest BCUT2D eigenvalue weighted by Crippen LogP contribution is -2.10. The summed E-state index contributed by atoms with van der Waals surface area (Å²) in [7, 11) is 1.89. The lowest BCUT2D eigenvalue weighted by Gasteiger charge is -2.09. The van der Waals surface area contributed by atoms with Crippen molar-refractivity contribution in [2.45, 2.75) is 26.3 Å². The number of rotatable bonds is 4.